The zero-order valence-corrected chi connectivity index (χ0v) is 14.2. The number of benzene rings is 2. The topological polar surface area (TPSA) is 92.6 Å². The Morgan fingerprint density at radius 3 is 2.40 bits per heavy atom. The van der Waals surface area contributed by atoms with E-state index in [1.165, 1.54) is 36.2 Å². The second-order valence-corrected chi connectivity index (χ2v) is 5.79. The van der Waals surface area contributed by atoms with Gasteiger partial charge in [-0.1, -0.05) is 35.9 Å². The van der Waals surface area contributed by atoms with Gasteiger partial charge in [0, 0.05) is 19.2 Å². The van der Waals surface area contributed by atoms with Crippen molar-refractivity contribution in [3.8, 4) is 0 Å². The normalized spacial score (nSPS) is 10.2. The summed E-state index contributed by atoms with van der Waals surface area (Å²) in [7, 11) is 1.51. The lowest BCUT2D eigenvalue weighted by Crippen LogP contribution is -2.35. The third kappa shape index (κ3) is 5.29. The van der Waals surface area contributed by atoms with E-state index >= 15 is 0 Å². The summed E-state index contributed by atoms with van der Waals surface area (Å²) in [5, 5.41) is 13.7. The maximum atomic E-state index is 12.2. The lowest BCUT2D eigenvalue weighted by molar-refractivity contribution is -0.384. The summed E-state index contributed by atoms with van der Waals surface area (Å²) < 4.78 is 0. The molecule has 8 heteroatoms. The monoisotopic (exact) mass is 361 g/mol. The van der Waals surface area contributed by atoms with Crippen LogP contribution in [0, 0.1) is 10.1 Å². The summed E-state index contributed by atoms with van der Waals surface area (Å²) in [6, 6.07) is 12.5. The van der Waals surface area contributed by atoms with E-state index in [4.69, 9.17) is 11.6 Å². The number of para-hydroxylation sites is 1. The highest BCUT2D eigenvalue weighted by atomic mass is 35.5. The number of nitrogens with one attached hydrogen (secondary N) is 1. The van der Waals surface area contributed by atoms with E-state index in [9.17, 15) is 19.7 Å². The predicted molar refractivity (Wildman–Crippen MR) is 94.5 cm³/mol. The SMILES string of the molecule is CN(CC(=O)Nc1ccccc1Cl)C(=O)Cc1ccc([N+](=O)[O-])cc1. The number of carbonyl (C=O) groups excluding carboxylic acids is 2. The van der Waals surface area contributed by atoms with Crippen LogP contribution in [0.2, 0.25) is 5.02 Å². The Bertz CT molecular complexity index is 793. The molecule has 1 N–H and O–H groups in total. The minimum atomic E-state index is -0.503. The summed E-state index contributed by atoms with van der Waals surface area (Å²) in [6.45, 7) is -0.128. The van der Waals surface area contributed by atoms with Crippen molar-refractivity contribution in [3.05, 3.63) is 69.2 Å². The number of carbonyl (C=O) groups is 2. The lowest BCUT2D eigenvalue weighted by atomic mass is 10.1. The minimum absolute atomic E-state index is 0.0383. The van der Waals surface area contributed by atoms with E-state index in [-0.39, 0.29) is 30.5 Å². The molecule has 2 aromatic rings. The Morgan fingerprint density at radius 2 is 1.80 bits per heavy atom. The molecule has 0 heterocycles. The molecule has 0 atom stereocenters. The third-order valence-electron chi connectivity index (χ3n) is 3.46. The van der Waals surface area contributed by atoms with Crippen LogP contribution < -0.4 is 5.32 Å². The predicted octanol–water partition coefficient (Wildman–Crippen LogP) is 2.89. The van der Waals surface area contributed by atoms with Gasteiger partial charge in [-0.3, -0.25) is 19.7 Å². The van der Waals surface area contributed by atoms with Crippen LogP contribution in [0.1, 0.15) is 5.56 Å². The molecule has 0 fully saturated rings. The molecule has 0 aromatic heterocycles. The number of hydrogen-bond acceptors (Lipinski definition) is 4. The first-order valence-electron chi connectivity index (χ1n) is 7.38. The lowest BCUT2D eigenvalue weighted by Gasteiger charge is -2.17. The summed E-state index contributed by atoms with van der Waals surface area (Å²) in [5.74, 6) is -0.643. The van der Waals surface area contributed by atoms with Gasteiger partial charge in [0.2, 0.25) is 11.8 Å². The fourth-order valence-corrected chi connectivity index (χ4v) is 2.28. The van der Waals surface area contributed by atoms with Crippen LogP contribution in [0.15, 0.2) is 48.5 Å². The molecule has 0 saturated heterocycles. The van der Waals surface area contributed by atoms with Crippen LogP contribution in [0.5, 0.6) is 0 Å². The van der Waals surface area contributed by atoms with E-state index in [0.29, 0.717) is 16.3 Å². The molecule has 0 aliphatic carbocycles. The summed E-state index contributed by atoms with van der Waals surface area (Å²) >= 11 is 5.97. The first-order valence-corrected chi connectivity index (χ1v) is 7.76. The number of non-ortho nitro benzene ring substituents is 1. The smallest absolute Gasteiger partial charge is 0.269 e. The number of amides is 2. The van der Waals surface area contributed by atoms with Crippen molar-refractivity contribution in [1.29, 1.82) is 0 Å². The summed E-state index contributed by atoms with van der Waals surface area (Å²) in [6.07, 6.45) is 0.0495. The Balaban J connectivity index is 1.90. The van der Waals surface area contributed by atoms with Crippen molar-refractivity contribution in [2.75, 3.05) is 18.9 Å². The highest BCUT2D eigenvalue weighted by molar-refractivity contribution is 6.33. The van der Waals surface area contributed by atoms with Crippen molar-refractivity contribution in [1.82, 2.24) is 4.90 Å². The van der Waals surface area contributed by atoms with Gasteiger partial charge in [-0.05, 0) is 17.7 Å². The fourth-order valence-electron chi connectivity index (χ4n) is 2.10. The van der Waals surface area contributed by atoms with E-state index in [1.807, 2.05) is 0 Å². The Hall–Kier alpha value is -2.93. The molecule has 130 valence electrons. The first kappa shape index (κ1) is 18.4. The standard InChI is InChI=1S/C17H16ClN3O4/c1-20(11-16(22)19-15-5-3-2-4-14(15)18)17(23)10-12-6-8-13(9-7-12)21(24)25/h2-9H,10-11H2,1H3,(H,19,22). The Kier molecular flexibility index (Phi) is 6.08. The Labute approximate surface area is 149 Å². The minimum Gasteiger partial charge on any atom is -0.336 e. The van der Waals surface area contributed by atoms with Gasteiger partial charge in [-0.2, -0.15) is 0 Å². The van der Waals surface area contributed by atoms with Gasteiger partial charge in [0.05, 0.1) is 28.6 Å². The number of halogens is 1. The molecule has 0 aliphatic heterocycles. The summed E-state index contributed by atoms with van der Waals surface area (Å²) in [4.78, 5) is 35.6. The largest absolute Gasteiger partial charge is 0.336 e. The quantitative estimate of drug-likeness (QED) is 0.632. The van der Waals surface area contributed by atoms with Crippen LogP contribution in [0.4, 0.5) is 11.4 Å². The molecule has 25 heavy (non-hydrogen) atoms. The van der Waals surface area contributed by atoms with Crippen LogP contribution in [-0.2, 0) is 16.0 Å². The van der Waals surface area contributed by atoms with Gasteiger partial charge in [-0.25, -0.2) is 0 Å². The van der Waals surface area contributed by atoms with Gasteiger partial charge < -0.3 is 10.2 Å². The van der Waals surface area contributed by atoms with Crippen molar-refractivity contribution in [2.24, 2.45) is 0 Å². The number of hydrogen-bond donors (Lipinski definition) is 1. The van der Waals surface area contributed by atoms with Crippen molar-refractivity contribution < 1.29 is 14.5 Å². The molecule has 0 unspecified atom stereocenters. The highest BCUT2D eigenvalue weighted by Gasteiger charge is 2.15. The highest BCUT2D eigenvalue weighted by Crippen LogP contribution is 2.20. The number of likely N-dealkylation sites (N-methyl/N-ethyl adjacent to an activating group) is 1. The van der Waals surface area contributed by atoms with Crippen LogP contribution in [0.3, 0.4) is 0 Å². The van der Waals surface area contributed by atoms with Crippen molar-refractivity contribution in [3.63, 3.8) is 0 Å². The molecule has 2 rings (SSSR count). The third-order valence-corrected chi connectivity index (χ3v) is 3.79. The maximum absolute atomic E-state index is 12.2. The number of nitro groups is 1. The number of nitro benzene ring substituents is 1. The van der Waals surface area contributed by atoms with Crippen LogP contribution in [0.25, 0.3) is 0 Å². The van der Waals surface area contributed by atoms with Gasteiger partial charge in [0.1, 0.15) is 0 Å². The summed E-state index contributed by atoms with van der Waals surface area (Å²) in [5.41, 5.74) is 1.07. The average molecular weight is 362 g/mol. The van der Waals surface area contributed by atoms with E-state index in [0.717, 1.165) is 0 Å². The van der Waals surface area contributed by atoms with Gasteiger partial charge in [0.25, 0.3) is 5.69 Å². The molecular weight excluding hydrogens is 346 g/mol. The molecule has 0 saturated carbocycles. The molecule has 0 bridgehead atoms. The van der Waals surface area contributed by atoms with Gasteiger partial charge in [0.15, 0.2) is 0 Å². The second-order valence-electron chi connectivity index (χ2n) is 5.38. The number of rotatable bonds is 6. The molecule has 0 aliphatic rings. The first-order chi connectivity index (χ1) is 11.9. The van der Waals surface area contributed by atoms with Crippen molar-refractivity contribution >= 4 is 34.8 Å². The molecule has 2 amide bonds. The van der Waals surface area contributed by atoms with E-state index in [2.05, 4.69) is 5.32 Å². The zero-order chi connectivity index (χ0) is 18.4. The molecule has 0 radical (unpaired) electrons. The zero-order valence-electron chi connectivity index (χ0n) is 13.4. The second kappa shape index (κ2) is 8.25. The molecule has 2 aromatic carbocycles. The van der Waals surface area contributed by atoms with Crippen LogP contribution >= 0.6 is 11.6 Å². The fraction of sp³-hybridized carbons (Fsp3) is 0.176. The average Bonchev–Trinajstić information content (AvgIpc) is 2.57. The van der Waals surface area contributed by atoms with Crippen molar-refractivity contribution in [2.45, 2.75) is 6.42 Å². The van der Waals surface area contributed by atoms with Gasteiger partial charge >= 0.3 is 0 Å². The molecule has 7 nitrogen and oxygen atoms in total. The van der Waals surface area contributed by atoms with E-state index in [1.54, 1.807) is 24.3 Å². The van der Waals surface area contributed by atoms with E-state index < -0.39 is 4.92 Å². The number of nitrogens with zero attached hydrogens (tertiary/aromatic N) is 2. The van der Waals surface area contributed by atoms with Gasteiger partial charge in [-0.15, -0.1) is 0 Å². The maximum Gasteiger partial charge on any atom is 0.269 e. The number of anilines is 1. The van der Waals surface area contributed by atoms with Crippen LogP contribution in [-0.4, -0.2) is 35.2 Å². The Morgan fingerprint density at radius 1 is 1.16 bits per heavy atom. The molecule has 0 spiro atoms. The molecular formula is C17H16ClN3O4.